The molecule has 0 aliphatic carbocycles. The summed E-state index contributed by atoms with van der Waals surface area (Å²) in [5.41, 5.74) is 0.475. The first-order valence-electron chi connectivity index (χ1n) is 7.95. The number of hydrogen-bond acceptors (Lipinski definition) is 3. The molecule has 1 aromatic carbocycles. The van der Waals surface area contributed by atoms with Gasteiger partial charge in [-0.25, -0.2) is 0 Å². The smallest absolute Gasteiger partial charge is 0.261 e. The van der Waals surface area contributed by atoms with E-state index in [1.165, 1.54) is 0 Å². The van der Waals surface area contributed by atoms with Crippen LogP contribution in [-0.4, -0.2) is 35.1 Å². The fourth-order valence-electron chi connectivity index (χ4n) is 2.13. The van der Waals surface area contributed by atoms with Crippen LogP contribution < -0.4 is 10.1 Å². The Morgan fingerprint density at radius 2 is 1.91 bits per heavy atom. The summed E-state index contributed by atoms with van der Waals surface area (Å²) in [6.07, 6.45) is 1.95. The van der Waals surface area contributed by atoms with Crippen LogP contribution in [0.2, 0.25) is 0 Å². The third-order valence-corrected chi connectivity index (χ3v) is 3.90. The molecule has 1 aromatic rings. The Labute approximate surface area is 152 Å². The van der Waals surface area contributed by atoms with Gasteiger partial charge in [0.15, 0.2) is 5.11 Å². The van der Waals surface area contributed by atoms with Crippen LogP contribution in [0, 0.1) is 0 Å². The molecule has 128 valence electrons. The van der Waals surface area contributed by atoms with Gasteiger partial charge in [-0.2, -0.15) is 0 Å². The number of thiocarbonyl (C=S) groups is 1. The van der Waals surface area contributed by atoms with Gasteiger partial charge in [-0.3, -0.25) is 10.1 Å². The fourth-order valence-corrected chi connectivity index (χ4v) is 2.77. The molecule has 0 saturated heterocycles. The molecule has 0 heterocycles. The minimum atomic E-state index is -0.246. The molecule has 0 aliphatic rings. The molecular weight excluding hydrogens is 376 g/mol. The fraction of sp³-hybridized carbons (Fsp3) is 0.529. The number of hydrogen-bond donors (Lipinski definition) is 1. The average Bonchev–Trinajstić information content (AvgIpc) is 2.48. The van der Waals surface area contributed by atoms with E-state index in [9.17, 15) is 4.79 Å². The largest absolute Gasteiger partial charge is 0.490 e. The molecule has 23 heavy (non-hydrogen) atoms. The molecule has 1 N–H and O–H groups in total. The number of benzene rings is 1. The zero-order valence-corrected chi connectivity index (χ0v) is 16.6. The Bertz CT molecular complexity index is 543. The molecule has 0 fully saturated rings. The van der Waals surface area contributed by atoms with Crippen molar-refractivity contribution in [3.05, 3.63) is 28.2 Å². The summed E-state index contributed by atoms with van der Waals surface area (Å²) in [6.45, 7) is 9.71. The predicted molar refractivity (Wildman–Crippen MR) is 102 cm³/mol. The highest BCUT2D eigenvalue weighted by Gasteiger charge is 2.17. The molecule has 4 nitrogen and oxygen atoms in total. The zero-order chi connectivity index (χ0) is 17.4. The van der Waals surface area contributed by atoms with Crippen molar-refractivity contribution in [1.82, 2.24) is 10.2 Å². The minimum absolute atomic E-state index is 0.00800. The minimum Gasteiger partial charge on any atom is -0.490 e. The molecule has 0 saturated carbocycles. The second-order valence-corrected chi connectivity index (χ2v) is 6.86. The summed E-state index contributed by atoms with van der Waals surface area (Å²) >= 11 is 8.78. The second-order valence-electron chi connectivity index (χ2n) is 5.55. The molecule has 0 spiro atoms. The summed E-state index contributed by atoms with van der Waals surface area (Å²) in [5, 5.41) is 3.29. The summed E-state index contributed by atoms with van der Waals surface area (Å²) in [7, 11) is 0. The van der Waals surface area contributed by atoms with Crippen LogP contribution in [0.1, 0.15) is 50.9 Å². The van der Waals surface area contributed by atoms with Crippen molar-refractivity contribution in [2.45, 2.75) is 46.6 Å². The van der Waals surface area contributed by atoms with Crippen molar-refractivity contribution < 1.29 is 9.53 Å². The topological polar surface area (TPSA) is 41.6 Å². The highest BCUT2D eigenvalue weighted by atomic mass is 79.9. The molecule has 0 atom stereocenters. The lowest BCUT2D eigenvalue weighted by Gasteiger charge is -2.24. The molecule has 0 bridgehead atoms. The normalized spacial score (nSPS) is 10.5. The lowest BCUT2D eigenvalue weighted by atomic mass is 10.2. The van der Waals surface area contributed by atoms with E-state index in [1.807, 2.05) is 24.8 Å². The molecule has 0 unspecified atom stereocenters. The van der Waals surface area contributed by atoms with E-state index >= 15 is 0 Å². The van der Waals surface area contributed by atoms with Crippen molar-refractivity contribution >= 4 is 39.2 Å². The highest BCUT2D eigenvalue weighted by molar-refractivity contribution is 9.10. The molecule has 1 rings (SSSR count). The Hall–Kier alpha value is -1.14. The first-order valence-corrected chi connectivity index (χ1v) is 9.15. The van der Waals surface area contributed by atoms with Crippen LogP contribution in [-0.2, 0) is 0 Å². The van der Waals surface area contributed by atoms with Gasteiger partial charge in [-0.1, -0.05) is 29.8 Å². The van der Waals surface area contributed by atoms with E-state index in [2.05, 4.69) is 35.1 Å². The molecular formula is C17H25BrN2O2S. The number of rotatable bonds is 7. The van der Waals surface area contributed by atoms with Crippen LogP contribution >= 0.6 is 28.1 Å². The van der Waals surface area contributed by atoms with Gasteiger partial charge in [0.05, 0.1) is 11.7 Å². The number of halogens is 1. The number of amides is 1. The van der Waals surface area contributed by atoms with Gasteiger partial charge >= 0.3 is 0 Å². The standard InChI is InChI=1S/C17H25BrN2O2S/c1-5-9-20(10-6-2)17(23)19-16(21)14-11-13(18)7-8-15(14)22-12(3)4/h7-8,11-12H,5-6,9-10H2,1-4H3,(H,19,21,23). The second kappa shape index (κ2) is 9.88. The molecule has 0 aromatic heterocycles. The summed E-state index contributed by atoms with van der Waals surface area (Å²) < 4.78 is 6.54. The number of ether oxygens (including phenoxy) is 1. The van der Waals surface area contributed by atoms with Gasteiger partial charge in [0.25, 0.3) is 5.91 Å². The number of nitrogens with one attached hydrogen (secondary N) is 1. The predicted octanol–water partition coefficient (Wildman–Crippen LogP) is 4.37. The van der Waals surface area contributed by atoms with E-state index in [1.54, 1.807) is 12.1 Å². The van der Waals surface area contributed by atoms with E-state index in [-0.39, 0.29) is 12.0 Å². The number of nitrogens with zero attached hydrogens (tertiary/aromatic N) is 1. The van der Waals surface area contributed by atoms with Crippen molar-refractivity contribution in [2.75, 3.05) is 13.1 Å². The first kappa shape index (κ1) is 19.9. The third kappa shape index (κ3) is 6.47. The number of carbonyl (C=O) groups is 1. The van der Waals surface area contributed by atoms with Gasteiger partial charge in [0, 0.05) is 17.6 Å². The summed E-state index contributed by atoms with van der Waals surface area (Å²) in [6, 6.07) is 5.39. The first-order chi connectivity index (χ1) is 10.9. The number of carbonyl (C=O) groups excluding carboxylic acids is 1. The average molecular weight is 401 g/mol. The Kier molecular flexibility index (Phi) is 8.55. The maximum atomic E-state index is 12.6. The zero-order valence-electron chi connectivity index (χ0n) is 14.2. The van der Waals surface area contributed by atoms with Gasteiger partial charge in [0.2, 0.25) is 0 Å². The third-order valence-electron chi connectivity index (χ3n) is 3.04. The summed E-state index contributed by atoms with van der Waals surface area (Å²) in [4.78, 5) is 14.6. The van der Waals surface area contributed by atoms with Gasteiger partial charge in [0.1, 0.15) is 5.75 Å². The van der Waals surface area contributed by atoms with Gasteiger partial charge in [-0.15, -0.1) is 0 Å². The SMILES string of the molecule is CCCN(CCC)C(=S)NC(=O)c1cc(Br)ccc1OC(C)C. The summed E-state index contributed by atoms with van der Waals surface area (Å²) in [5.74, 6) is 0.310. The Balaban J connectivity index is 2.91. The van der Waals surface area contributed by atoms with E-state index in [0.29, 0.717) is 16.4 Å². The van der Waals surface area contributed by atoms with E-state index in [0.717, 1.165) is 30.4 Å². The molecule has 0 radical (unpaired) electrons. The monoisotopic (exact) mass is 400 g/mol. The van der Waals surface area contributed by atoms with E-state index in [4.69, 9.17) is 17.0 Å². The van der Waals surface area contributed by atoms with Gasteiger partial charge in [-0.05, 0) is 57.1 Å². The van der Waals surface area contributed by atoms with Crippen molar-refractivity contribution in [2.24, 2.45) is 0 Å². The van der Waals surface area contributed by atoms with Crippen molar-refractivity contribution in [3.8, 4) is 5.75 Å². The molecule has 6 heteroatoms. The van der Waals surface area contributed by atoms with Crippen LogP contribution in [0.15, 0.2) is 22.7 Å². The van der Waals surface area contributed by atoms with Crippen molar-refractivity contribution in [3.63, 3.8) is 0 Å². The van der Waals surface area contributed by atoms with Gasteiger partial charge < -0.3 is 9.64 Å². The van der Waals surface area contributed by atoms with Crippen LogP contribution in [0.4, 0.5) is 0 Å². The maximum absolute atomic E-state index is 12.6. The maximum Gasteiger partial charge on any atom is 0.261 e. The lowest BCUT2D eigenvalue weighted by molar-refractivity contribution is 0.0967. The quantitative estimate of drug-likeness (QED) is 0.689. The van der Waals surface area contributed by atoms with E-state index < -0.39 is 0 Å². The Morgan fingerprint density at radius 3 is 2.43 bits per heavy atom. The Morgan fingerprint density at radius 1 is 1.30 bits per heavy atom. The highest BCUT2D eigenvalue weighted by Crippen LogP contribution is 2.24. The van der Waals surface area contributed by atoms with Crippen LogP contribution in [0.5, 0.6) is 5.75 Å². The molecule has 0 aliphatic heterocycles. The van der Waals surface area contributed by atoms with Crippen LogP contribution in [0.3, 0.4) is 0 Å². The molecule has 1 amide bonds. The van der Waals surface area contributed by atoms with Crippen LogP contribution in [0.25, 0.3) is 0 Å². The lowest BCUT2D eigenvalue weighted by Crippen LogP contribution is -2.43. The van der Waals surface area contributed by atoms with Crippen molar-refractivity contribution in [1.29, 1.82) is 0 Å².